The molecule has 0 saturated heterocycles. The quantitative estimate of drug-likeness (QED) is 0.523. The highest BCUT2D eigenvalue weighted by Crippen LogP contribution is 2.15. The minimum Gasteiger partial charge on any atom is -0.467 e. The minimum atomic E-state index is 0.190. The molecule has 0 fully saturated rings. The predicted molar refractivity (Wildman–Crippen MR) is 85.6 cm³/mol. The maximum absolute atomic E-state index is 5.84. The molecule has 0 amide bonds. The molecule has 1 aromatic carbocycles. The Hall–Kier alpha value is -2.34. The van der Waals surface area contributed by atoms with E-state index in [-0.39, 0.29) is 11.2 Å². The van der Waals surface area contributed by atoms with E-state index in [1.165, 1.54) is 7.11 Å². The maximum Gasteiger partial charge on any atom is 0.319 e. The van der Waals surface area contributed by atoms with Crippen LogP contribution in [0.1, 0.15) is 5.56 Å². The van der Waals surface area contributed by atoms with Crippen molar-refractivity contribution in [2.45, 2.75) is 0 Å². The highest BCUT2D eigenvalue weighted by molar-refractivity contribution is 6.29. The summed E-state index contributed by atoms with van der Waals surface area (Å²) < 4.78 is 4.93. The van der Waals surface area contributed by atoms with E-state index in [9.17, 15) is 0 Å². The molecule has 0 saturated carbocycles. The van der Waals surface area contributed by atoms with Gasteiger partial charge in [0.1, 0.15) is 5.15 Å². The number of aromatic nitrogens is 2. The Balaban J connectivity index is 2.03. The lowest BCUT2D eigenvalue weighted by molar-refractivity contribution is 0.380. The summed E-state index contributed by atoms with van der Waals surface area (Å²) >= 11 is 5.84. The van der Waals surface area contributed by atoms with Crippen LogP contribution in [-0.2, 0) is 0 Å². The first-order valence-electron chi connectivity index (χ1n) is 6.23. The number of hydrazone groups is 1. The fourth-order valence-electron chi connectivity index (χ4n) is 1.58. The Labute approximate surface area is 128 Å². The molecule has 1 aromatic heterocycles. The third-order valence-corrected chi connectivity index (χ3v) is 2.85. The van der Waals surface area contributed by atoms with Gasteiger partial charge in [-0.05, 0) is 17.7 Å². The topological polar surface area (TPSA) is 62.6 Å². The molecule has 0 radical (unpaired) electrons. The molecule has 2 aromatic rings. The number of benzene rings is 1. The molecule has 0 aliphatic rings. The first-order chi connectivity index (χ1) is 10.1. The van der Waals surface area contributed by atoms with Crippen molar-refractivity contribution in [3.63, 3.8) is 0 Å². The lowest BCUT2D eigenvalue weighted by Gasteiger charge is -2.11. The highest BCUT2D eigenvalue weighted by Gasteiger charge is 2.01. The molecule has 2 rings (SSSR count). The summed E-state index contributed by atoms with van der Waals surface area (Å²) in [6.45, 7) is 0. The number of nitrogens with one attached hydrogen (secondary N) is 1. The second-order valence-electron chi connectivity index (χ2n) is 4.42. The lowest BCUT2D eigenvalue weighted by Crippen LogP contribution is -2.08. The summed E-state index contributed by atoms with van der Waals surface area (Å²) in [6.07, 6.45) is 1.70. The van der Waals surface area contributed by atoms with Crippen LogP contribution in [-0.4, -0.2) is 37.4 Å². The van der Waals surface area contributed by atoms with Gasteiger partial charge in [0.05, 0.1) is 13.3 Å². The molecule has 6 nitrogen and oxygen atoms in total. The van der Waals surface area contributed by atoms with Crippen molar-refractivity contribution in [2.24, 2.45) is 5.10 Å². The van der Waals surface area contributed by atoms with Crippen LogP contribution in [0.3, 0.4) is 0 Å². The first kappa shape index (κ1) is 15.1. The Morgan fingerprint density at radius 1 is 1.24 bits per heavy atom. The Kier molecular flexibility index (Phi) is 4.94. The largest absolute Gasteiger partial charge is 0.467 e. The molecule has 1 N–H and O–H groups in total. The fourth-order valence-corrected chi connectivity index (χ4v) is 1.75. The van der Waals surface area contributed by atoms with E-state index in [4.69, 9.17) is 16.3 Å². The second kappa shape index (κ2) is 6.90. The van der Waals surface area contributed by atoms with Crippen LogP contribution in [0.15, 0.2) is 35.4 Å². The van der Waals surface area contributed by atoms with Crippen LogP contribution in [0.5, 0.6) is 6.01 Å². The van der Waals surface area contributed by atoms with Gasteiger partial charge in [-0.15, -0.1) is 0 Å². The van der Waals surface area contributed by atoms with Crippen molar-refractivity contribution in [1.29, 1.82) is 0 Å². The molecule has 0 aliphatic heterocycles. The average molecular weight is 306 g/mol. The molecule has 0 spiro atoms. The summed E-state index contributed by atoms with van der Waals surface area (Å²) in [5.74, 6) is 0.466. The van der Waals surface area contributed by atoms with Crippen LogP contribution in [0.2, 0.25) is 5.15 Å². The monoisotopic (exact) mass is 305 g/mol. The van der Waals surface area contributed by atoms with Gasteiger partial charge in [-0.2, -0.15) is 15.1 Å². The van der Waals surface area contributed by atoms with E-state index < -0.39 is 0 Å². The van der Waals surface area contributed by atoms with Crippen molar-refractivity contribution in [3.8, 4) is 6.01 Å². The van der Waals surface area contributed by atoms with Crippen molar-refractivity contribution < 1.29 is 4.74 Å². The molecular weight excluding hydrogens is 290 g/mol. The van der Waals surface area contributed by atoms with Crippen LogP contribution in [0, 0.1) is 0 Å². The van der Waals surface area contributed by atoms with Gasteiger partial charge in [-0.1, -0.05) is 23.7 Å². The lowest BCUT2D eigenvalue weighted by atomic mass is 10.2. The second-order valence-corrected chi connectivity index (χ2v) is 4.81. The highest BCUT2D eigenvalue weighted by atomic mass is 35.5. The summed E-state index contributed by atoms with van der Waals surface area (Å²) in [4.78, 5) is 9.99. The van der Waals surface area contributed by atoms with Crippen LogP contribution in [0.25, 0.3) is 0 Å². The van der Waals surface area contributed by atoms with Gasteiger partial charge in [0, 0.05) is 25.8 Å². The molecular formula is C14H16ClN5O. The molecule has 1 heterocycles. The van der Waals surface area contributed by atoms with Crippen molar-refractivity contribution in [2.75, 3.05) is 31.5 Å². The van der Waals surface area contributed by atoms with Crippen molar-refractivity contribution in [3.05, 3.63) is 41.0 Å². The van der Waals surface area contributed by atoms with E-state index >= 15 is 0 Å². The first-order valence-corrected chi connectivity index (χ1v) is 6.61. The van der Waals surface area contributed by atoms with E-state index in [2.05, 4.69) is 20.5 Å². The normalized spacial score (nSPS) is 10.7. The van der Waals surface area contributed by atoms with Crippen LogP contribution in [0.4, 0.5) is 11.5 Å². The van der Waals surface area contributed by atoms with E-state index in [0.29, 0.717) is 5.82 Å². The third-order valence-electron chi connectivity index (χ3n) is 2.66. The van der Waals surface area contributed by atoms with Gasteiger partial charge >= 0.3 is 6.01 Å². The third kappa shape index (κ3) is 4.32. The molecule has 0 unspecified atom stereocenters. The van der Waals surface area contributed by atoms with Crippen molar-refractivity contribution in [1.82, 2.24) is 9.97 Å². The number of anilines is 2. The molecule has 21 heavy (non-hydrogen) atoms. The maximum atomic E-state index is 5.84. The number of halogens is 1. The number of hydrogen-bond donors (Lipinski definition) is 1. The van der Waals surface area contributed by atoms with Gasteiger partial charge in [0.2, 0.25) is 0 Å². The number of methoxy groups -OCH3 is 1. The Morgan fingerprint density at radius 3 is 2.57 bits per heavy atom. The smallest absolute Gasteiger partial charge is 0.319 e. The zero-order valence-electron chi connectivity index (χ0n) is 12.0. The van der Waals surface area contributed by atoms with Crippen molar-refractivity contribution >= 4 is 29.3 Å². The van der Waals surface area contributed by atoms with E-state index in [0.717, 1.165) is 11.3 Å². The molecule has 0 atom stereocenters. The zero-order valence-corrected chi connectivity index (χ0v) is 12.8. The average Bonchev–Trinajstić information content (AvgIpc) is 2.47. The fraction of sp³-hybridized carbons (Fsp3) is 0.214. The van der Waals surface area contributed by atoms with Gasteiger partial charge in [0.25, 0.3) is 0 Å². The molecule has 0 bridgehead atoms. The summed E-state index contributed by atoms with van der Waals surface area (Å²) in [5.41, 5.74) is 4.89. The number of nitrogens with zero attached hydrogens (tertiary/aromatic N) is 4. The van der Waals surface area contributed by atoms with Crippen LogP contribution >= 0.6 is 11.6 Å². The zero-order chi connectivity index (χ0) is 15.2. The Morgan fingerprint density at radius 2 is 1.95 bits per heavy atom. The van der Waals surface area contributed by atoms with Gasteiger partial charge in [-0.25, -0.2) is 0 Å². The van der Waals surface area contributed by atoms with Crippen LogP contribution < -0.4 is 15.1 Å². The summed E-state index contributed by atoms with van der Waals surface area (Å²) in [5, 5.41) is 4.40. The molecule has 7 heteroatoms. The number of hydrogen-bond acceptors (Lipinski definition) is 6. The summed E-state index contributed by atoms with van der Waals surface area (Å²) in [6, 6.07) is 9.76. The molecule has 110 valence electrons. The standard InChI is InChI=1S/C14H16ClN5O/c1-20(2)11-6-4-10(5-7-11)9-16-19-13-8-12(15)17-14(18-13)21-3/h4-9H,1-3H3,(H,17,18,19)/b16-9+. The number of ether oxygens (including phenoxy) is 1. The van der Waals surface area contributed by atoms with E-state index in [1.54, 1.807) is 12.3 Å². The van der Waals surface area contributed by atoms with Gasteiger partial charge < -0.3 is 9.64 Å². The van der Waals surface area contributed by atoms with Gasteiger partial charge in [-0.3, -0.25) is 5.43 Å². The summed E-state index contributed by atoms with van der Waals surface area (Å²) in [7, 11) is 5.47. The van der Waals surface area contributed by atoms with E-state index in [1.807, 2.05) is 43.3 Å². The SMILES string of the molecule is COc1nc(Cl)cc(N/N=C/c2ccc(N(C)C)cc2)n1. The van der Waals surface area contributed by atoms with Gasteiger partial charge in [0.15, 0.2) is 5.82 Å². The predicted octanol–water partition coefficient (Wildman–Crippen LogP) is 2.65. The minimum absolute atomic E-state index is 0.190. The Bertz CT molecular complexity index is 628. The molecule has 0 aliphatic carbocycles. The number of rotatable bonds is 5.